The van der Waals surface area contributed by atoms with E-state index in [0.29, 0.717) is 23.4 Å². The van der Waals surface area contributed by atoms with Gasteiger partial charge in [0.05, 0.1) is 5.41 Å². The van der Waals surface area contributed by atoms with E-state index in [2.05, 4.69) is 5.32 Å². The van der Waals surface area contributed by atoms with Crippen LogP contribution in [0.5, 0.6) is 0 Å². The van der Waals surface area contributed by atoms with Crippen LogP contribution in [-0.4, -0.2) is 10.8 Å². The second kappa shape index (κ2) is 5.14. The summed E-state index contributed by atoms with van der Waals surface area (Å²) in [5.41, 5.74) is 0.830. The largest absolute Gasteiger partial charge is 0.352 e. The van der Waals surface area contributed by atoms with E-state index in [1.54, 1.807) is 0 Å². The number of hydrogen-bond acceptors (Lipinski definition) is 1. The molecule has 4 aliphatic rings. The molecule has 1 amide bonds. The summed E-state index contributed by atoms with van der Waals surface area (Å²) in [5, 5.41) is 3.85. The molecule has 0 saturated heterocycles. The maximum absolute atomic E-state index is 12.9. The minimum absolute atomic E-state index is 0.114. The molecular formula is C18H21Cl2NO. The Balaban J connectivity index is 1.48. The Labute approximate surface area is 141 Å². The first-order valence-corrected chi connectivity index (χ1v) is 8.94. The van der Waals surface area contributed by atoms with E-state index in [1.165, 1.54) is 6.42 Å². The van der Waals surface area contributed by atoms with Crippen molar-refractivity contribution >= 4 is 29.1 Å². The number of rotatable bonds is 3. The van der Waals surface area contributed by atoms with Crippen molar-refractivity contribution in [2.75, 3.05) is 0 Å². The molecule has 4 bridgehead atoms. The molecule has 22 heavy (non-hydrogen) atoms. The number of hydrogen-bond donors (Lipinski definition) is 1. The van der Waals surface area contributed by atoms with Gasteiger partial charge in [-0.05, 0) is 68.1 Å². The van der Waals surface area contributed by atoms with Crippen LogP contribution in [0, 0.1) is 17.3 Å². The van der Waals surface area contributed by atoms with Gasteiger partial charge in [0, 0.05) is 16.4 Å². The Morgan fingerprint density at radius 2 is 1.95 bits per heavy atom. The average molecular weight is 338 g/mol. The zero-order valence-electron chi connectivity index (χ0n) is 12.6. The normalized spacial score (nSPS) is 39.0. The van der Waals surface area contributed by atoms with Gasteiger partial charge in [0.15, 0.2) is 0 Å². The average Bonchev–Trinajstić information content (AvgIpc) is 2.42. The van der Waals surface area contributed by atoms with E-state index in [4.69, 9.17) is 23.2 Å². The van der Waals surface area contributed by atoms with E-state index in [1.807, 2.05) is 24.3 Å². The monoisotopic (exact) mass is 337 g/mol. The van der Waals surface area contributed by atoms with Crippen LogP contribution in [0.4, 0.5) is 0 Å². The van der Waals surface area contributed by atoms with Crippen molar-refractivity contribution in [2.45, 2.75) is 49.9 Å². The van der Waals surface area contributed by atoms with Crippen molar-refractivity contribution in [3.05, 3.63) is 34.9 Å². The summed E-state index contributed by atoms with van der Waals surface area (Å²) >= 11 is 12.8. The molecule has 4 fully saturated rings. The summed E-state index contributed by atoms with van der Waals surface area (Å²) in [6, 6.07) is 7.67. The molecule has 0 aromatic heterocycles. The number of benzene rings is 1. The highest BCUT2D eigenvalue weighted by Gasteiger charge is 2.59. The third-order valence-electron chi connectivity index (χ3n) is 5.81. The number of amides is 1. The molecule has 4 aliphatic carbocycles. The minimum Gasteiger partial charge on any atom is -0.352 e. The van der Waals surface area contributed by atoms with Crippen molar-refractivity contribution in [3.63, 3.8) is 0 Å². The van der Waals surface area contributed by atoms with E-state index in [-0.39, 0.29) is 16.2 Å². The maximum Gasteiger partial charge on any atom is 0.226 e. The van der Waals surface area contributed by atoms with Crippen LogP contribution in [0.15, 0.2) is 24.3 Å². The first-order valence-electron chi connectivity index (χ1n) is 8.18. The molecule has 2 nitrogen and oxygen atoms in total. The molecule has 4 saturated carbocycles. The molecule has 1 aromatic carbocycles. The molecule has 0 radical (unpaired) electrons. The SMILES string of the molecule is O=C(NCc1cccc(Cl)c1)C12C[C@@H]3C[C@@H](CC(Cl)(C3)C1)C2. The predicted molar refractivity (Wildman–Crippen MR) is 89.0 cm³/mol. The lowest BCUT2D eigenvalue weighted by Crippen LogP contribution is -2.58. The summed E-state index contributed by atoms with van der Waals surface area (Å²) in [6.45, 7) is 0.547. The Morgan fingerprint density at radius 3 is 2.59 bits per heavy atom. The molecule has 0 heterocycles. The summed E-state index contributed by atoms with van der Waals surface area (Å²) in [7, 11) is 0. The van der Waals surface area contributed by atoms with Gasteiger partial charge in [-0.15, -0.1) is 11.6 Å². The number of nitrogens with one attached hydrogen (secondary N) is 1. The van der Waals surface area contributed by atoms with Gasteiger partial charge in [-0.2, -0.15) is 0 Å². The Bertz CT molecular complexity index is 601. The lowest BCUT2D eigenvalue weighted by atomic mass is 9.49. The Hall–Kier alpha value is -0.730. The number of carbonyl (C=O) groups excluding carboxylic acids is 1. The molecule has 118 valence electrons. The smallest absolute Gasteiger partial charge is 0.226 e. The van der Waals surface area contributed by atoms with Crippen molar-refractivity contribution < 1.29 is 4.79 Å². The molecule has 5 rings (SSSR count). The standard InChI is InChI=1S/C18H21Cl2NO/c19-15-3-1-2-12(5-15)10-21-16(22)17-6-13-4-14(7-17)9-18(20,8-13)11-17/h1-3,5,13-14H,4,6-11H2,(H,21,22)/t13-,14+,17?,18?. The van der Waals surface area contributed by atoms with E-state index < -0.39 is 0 Å². The zero-order valence-corrected chi connectivity index (χ0v) is 14.1. The molecule has 0 aliphatic heterocycles. The number of carbonyl (C=O) groups is 1. The van der Waals surface area contributed by atoms with Gasteiger partial charge in [0.1, 0.15) is 0 Å². The van der Waals surface area contributed by atoms with Crippen LogP contribution in [0.3, 0.4) is 0 Å². The lowest BCUT2D eigenvalue weighted by Gasteiger charge is -2.59. The maximum atomic E-state index is 12.9. The number of halogens is 2. The Morgan fingerprint density at radius 1 is 1.23 bits per heavy atom. The molecular weight excluding hydrogens is 317 g/mol. The molecule has 1 aromatic rings. The zero-order chi connectivity index (χ0) is 15.4. The van der Waals surface area contributed by atoms with E-state index in [9.17, 15) is 4.79 Å². The van der Waals surface area contributed by atoms with Crippen molar-refractivity contribution in [2.24, 2.45) is 17.3 Å². The molecule has 1 N–H and O–H groups in total. The van der Waals surface area contributed by atoms with Gasteiger partial charge in [0.2, 0.25) is 5.91 Å². The highest BCUT2D eigenvalue weighted by atomic mass is 35.5. The quantitative estimate of drug-likeness (QED) is 0.806. The molecule has 4 atom stereocenters. The molecule has 4 heteroatoms. The summed E-state index contributed by atoms with van der Waals surface area (Å²) in [6.07, 6.45) is 6.40. The van der Waals surface area contributed by atoms with Crippen LogP contribution in [-0.2, 0) is 11.3 Å². The van der Waals surface area contributed by atoms with Gasteiger partial charge < -0.3 is 5.32 Å². The predicted octanol–water partition coefficient (Wildman–Crippen LogP) is 4.53. The fourth-order valence-electron chi connectivity index (χ4n) is 5.43. The van der Waals surface area contributed by atoms with Crippen LogP contribution in [0.25, 0.3) is 0 Å². The van der Waals surface area contributed by atoms with Crippen molar-refractivity contribution in [3.8, 4) is 0 Å². The van der Waals surface area contributed by atoms with Gasteiger partial charge in [0.25, 0.3) is 0 Å². The van der Waals surface area contributed by atoms with Gasteiger partial charge in [-0.3, -0.25) is 4.79 Å². The third kappa shape index (κ3) is 2.55. The summed E-state index contributed by atoms with van der Waals surface area (Å²) in [5.74, 6) is 1.50. The van der Waals surface area contributed by atoms with Gasteiger partial charge in [-0.25, -0.2) is 0 Å². The first kappa shape index (κ1) is 14.8. The Kier molecular flexibility index (Phi) is 3.47. The number of alkyl halides is 1. The van der Waals surface area contributed by atoms with Gasteiger partial charge in [-0.1, -0.05) is 23.7 Å². The molecule has 2 unspecified atom stereocenters. The minimum atomic E-state index is -0.218. The highest BCUT2D eigenvalue weighted by Crippen LogP contribution is 2.63. The lowest BCUT2D eigenvalue weighted by molar-refractivity contribution is -0.144. The topological polar surface area (TPSA) is 29.1 Å². The van der Waals surface area contributed by atoms with Crippen LogP contribution < -0.4 is 5.32 Å². The third-order valence-corrected chi connectivity index (χ3v) is 6.49. The second-order valence-corrected chi connectivity index (χ2v) is 8.94. The van der Waals surface area contributed by atoms with Crippen LogP contribution in [0.1, 0.15) is 44.1 Å². The summed E-state index contributed by atoms with van der Waals surface area (Å²) < 4.78 is 0. The van der Waals surface area contributed by atoms with Gasteiger partial charge >= 0.3 is 0 Å². The first-order chi connectivity index (χ1) is 10.5. The van der Waals surface area contributed by atoms with Crippen LogP contribution in [0.2, 0.25) is 5.02 Å². The van der Waals surface area contributed by atoms with Crippen molar-refractivity contribution in [1.82, 2.24) is 5.32 Å². The molecule has 0 spiro atoms. The van der Waals surface area contributed by atoms with E-state index >= 15 is 0 Å². The van der Waals surface area contributed by atoms with Crippen LogP contribution >= 0.6 is 23.2 Å². The second-order valence-electron chi connectivity index (χ2n) is 7.70. The van der Waals surface area contributed by atoms with Crippen molar-refractivity contribution in [1.29, 1.82) is 0 Å². The highest BCUT2D eigenvalue weighted by molar-refractivity contribution is 6.30. The van der Waals surface area contributed by atoms with E-state index in [0.717, 1.165) is 37.7 Å². The summed E-state index contributed by atoms with van der Waals surface area (Å²) in [4.78, 5) is 12.8. The fourth-order valence-corrected chi connectivity index (χ4v) is 6.34. The fraction of sp³-hybridized carbons (Fsp3) is 0.611.